The van der Waals surface area contributed by atoms with Crippen LogP contribution in [0, 0.1) is 5.41 Å². The van der Waals surface area contributed by atoms with E-state index in [2.05, 4.69) is 17.2 Å². The molecule has 3 heteroatoms. The lowest BCUT2D eigenvalue weighted by Crippen LogP contribution is -2.33. The summed E-state index contributed by atoms with van der Waals surface area (Å²) in [6.45, 7) is 4.55. The summed E-state index contributed by atoms with van der Waals surface area (Å²) in [5.74, 6) is 1.24. The van der Waals surface area contributed by atoms with Crippen LogP contribution in [0.3, 0.4) is 0 Å². The average molecular weight is 212 g/mol. The molecule has 0 atom stereocenters. The van der Waals surface area contributed by atoms with Gasteiger partial charge in [0.05, 0.1) is 0 Å². The van der Waals surface area contributed by atoms with Gasteiger partial charge >= 0.3 is 0 Å². The van der Waals surface area contributed by atoms with Gasteiger partial charge < -0.3 is 5.32 Å². The number of hydrogen-bond acceptors (Lipinski definition) is 3. The molecule has 0 aromatic rings. The van der Waals surface area contributed by atoms with E-state index < -0.39 is 0 Å². The number of nitrogens with zero attached hydrogens (tertiary/aromatic N) is 1. The van der Waals surface area contributed by atoms with Crippen LogP contribution in [0.15, 0.2) is 4.99 Å². The zero-order valence-corrected chi connectivity index (χ0v) is 9.83. The predicted octanol–water partition coefficient (Wildman–Crippen LogP) is 2.65. The highest BCUT2D eigenvalue weighted by atomic mass is 32.2. The third kappa shape index (κ3) is 2.66. The smallest absolute Gasteiger partial charge is 0.156 e. The Balaban J connectivity index is 1.78. The average Bonchev–Trinajstić information content (AvgIpc) is 2.65. The Kier molecular flexibility index (Phi) is 3.37. The molecule has 0 aromatic carbocycles. The van der Waals surface area contributed by atoms with E-state index in [0.717, 1.165) is 13.1 Å². The lowest BCUT2D eigenvalue weighted by Gasteiger charge is -2.25. The molecule has 0 aromatic heterocycles. The Morgan fingerprint density at radius 2 is 2.14 bits per heavy atom. The lowest BCUT2D eigenvalue weighted by atomic mass is 9.89. The van der Waals surface area contributed by atoms with Crippen molar-refractivity contribution in [3.05, 3.63) is 0 Å². The van der Waals surface area contributed by atoms with Crippen molar-refractivity contribution >= 4 is 16.9 Å². The van der Waals surface area contributed by atoms with Crippen molar-refractivity contribution in [1.29, 1.82) is 0 Å². The van der Waals surface area contributed by atoms with E-state index in [-0.39, 0.29) is 0 Å². The second kappa shape index (κ2) is 4.56. The molecule has 2 aliphatic rings. The normalized spacial score (nSPS) is 25.9. The predicted molar refractivity (Wildman–Crippen MR) is 64.0 cm³/mol. The zero-order valence-electron chi connectivity index (χ0n) is 9.01. The largest absolute Gasteiger partial charge is 0.364 e. The van der Waals surface area contributed by atoms with Gasteiger partial charge in [0.15, 0.2) is 5.17 Å². The van der Waals surface area contributed by atoms with Crippen molar-refractivity contribution in [2.75, 3.05) is 18.8 Å². The first-order valence-electron chi connectivity index (χ1n) is 5.70. The number of rotatable bonds is 2. The molecule has 1 saturated carbocycles. The Morgan fingerprint density at radius 3 is 2.79 bits per heavy atom. The Bertz CT molecular complexity index is 219. The van der Waals surface area contributed by atoms with Crippen LogP contribution in [0.5, 0.6) is 0 Å². The van der Waals surface area contributed by atoms with E-state index in [0.29, 0.717) is 5.41 Å². The third-order valence-electron chi connectivity index (χ3n) is 3.27. The third-order valence-corrected chi connectivity index (χ3v) is 4.31. The van der Waals surface area contributed by atoms with E-state index in [1.165, 1.54) is 43.0 Å². The molecule has 1 heterocycles. The molecule has 1 aliphatic heterocycles. The van der Waals surface area contributed by atoms with Crippen molar-refractivity contribution in [1.82, 2.24) is 5.32 Å². The number of nitrogens with one attached hydrogen (secondary N) is 1. The highest BCUT2D eigenvalue weighted by molar-refractivity contribution is 8.13. The number of aliphatic imine (C=N–C) groups is 1. The fraction of sp³-hybridized carbons (Fsp3) is 0.909. The molecule has 1 fully saturated rings. The minimum Gasteiger partial charge on any atom is -0.364 e. The van der Waals surface area contributed by atoms with Crippen LogP contribution in [0.4, 0.5) is 0 Å². The quantitative estimate of drug-likeness (QED) is 0.761. The summed E-state index contributed by atoms with van der Waals surface area (Å²) in [7, 11) is 0. The first-order valence-corrected chi connectivity index (χ1v) is 6.68. The van der Waals surface area contributed by atoms with Crippen LogP contribution in [-0.4, -0.2) is 24.0 Å². The number of thioether (sulfide) groups is 1. The minimum absolute atomic E-state index is 0.542. The van der Waals surface area contributed by atoms with Crippen LogP contribution in [-0.2, 0) is 0 Å². The lowest BCUT2D eigenvalue weighted by molar-refractivity contribution is 0.336. The minimum atomic E-state index is 0.542. The molecule has 0 amide bonds. The molecule has 0 saturated heterocycles. The molecule has 0 radical (unpaired) electrons. The first-order chi connectivity index (χ1) is 6.79. The molecule has 1 aliphatic carbocycles. The summed E-state index contributed by atoms with van der Waals surface area (Å²) in [6, 6.07) is 0. The second-order valence-corrected chi connectivity index (χ2v) is 5.84. The van der Waals surface area contributed by atoms with Gasteiger partial charge in [-0.15, -0.1) is 0 Å². The molecular formula is C11H20N2S. The van der Waals surface area contributed by atoms with Gasteiger partial charge in [-0.05, 0) is 24.7 Å². The Hall–Kier alpha value is -0.180. The molecule has 14 heavy (non-hydrogen) atoms. The summed E-state index contributed by atoms with van der Waals surface area (Å²) in [4.78, 5) is 4.49. The zero-order chi connectivity index (χ0) is 9.86. The van der Waals surface area contributed by atoms with Crippen LogP contribution < -0.4 is 5.32 Å². The molecular weight excluding hydrogens is 192 g/mol. The van der Waals surface area contributed by atoms with Crippen LogP contribution in [0.2, 0.25) is 0 Å². The van der Waals surface area contributed by atoms with E-state index >= 15 is 0 Å². The van der Waals surface area contributed by atoms with Gasteiger partial charge in [-0.1, -0.05) is 31.5 Å². The van der Waals surface area contributed by atoms with Gasteiger partial charge in [0.1, 0.15) is 0 Å². The fourth-order valence-corrected chi connectivity index (χ4v) is 3.08. The van der Waals surface area contributed by atoms with E-state index in [9.17, 15) is 0 Å². The van der Waals surface area contributed by atoms with Gasteiger partial charge in [0, 0.05) is 18.8 Å². The van der Waals surface area contributed by atoms with Gasteiger partial charge in [-0.25, -0.2) is 0 Å². The van der Waals surface area contributed by atoms with E-state index in [1.54, 1.807) is 0 Å². The van der Waals surface area contributed by atoms with Gasteiger partial charge in [-0.2, -0.15) is 0 Å². The SMILES string of the molecule is CC1(CNC2=NCCCS2)CCCC1. The van der Waals surface area contributed by atoms with Crippen molar-refractivity contribution < 1.29 is 0 Å². The monoisotopic (exact) mass is 212 g/mol. The number of hydrogen-bond donors (Lipinski definition) is 1. The molecule has 80 valence electrons. The topological polar surface area (TPSA) is 24.4 Å². The van der Waals surface area contributed by atoms with E-state index in [1.807, 2.05) is 11.8 Å². The maximum Gasteiger partial charge on any atom is 0.156 e. The Morgan fingerprint density at radius 1 is 1.36 bits per heavy atom. The molecule has 0 bridgehead atoms. The van der Waals surface area contributed by atoms with Crippen LogP contribution in [0.1, 0.15) is 39.0 Å². The molecule has 0 spiro atoms. The summed E-state index contributed by atoms with van der Waals surface area (Å²) in [5.41, 5.74) is 0.542. The van der Waals surface area contributed by atoms with Crippen LogP contribution in [0.25, 0.3) is 0 Å². The summed E-state index contributed by atoms with van der Waals surface area (Å²) in [5, 5.41) is 4.70. The molecule has 0 unspecified atom stereocenters. The van der Waals surface area contributed by atoms with Crippen LogP contribution >= 0.6 is 11.8 Å². The van der Waals surface area contributed by atoms with Crippen molar-refractivity contribution in [2.24, 2.45) is 10.4 Å². The highest BCUT2D eigenvalue weighted by Crippen LogP contribution is 2.36. The van der Waals surface area contributed by atoms with Gasteiger partial charge in [0.25, 0.3) is 0 Å². The summed E-state index contributed by atoms with van der Waals surface area (Å²) < 4.78 is 0. The van der Waals surface area contributed by atoms with Crippen molar-refractivity contribution in [3.8, 4) is 0 Å². The fourth-order valence-electron chi connectivity index (χ4n) is 2.26. The standard InChI is InChI=1S/C11H20N2S/c1-11(5-2-3-6-11)9-13-10-12-7-4-8-14-10/h2-9H2,1H3,(H,12,13). The van der Waals surface area contributed by atoms with Gasteiger partial charge in [-0.3, -0.25) is 4.99 Å². The summed E-state index contributed by atoms with van der Waals surface area (Å²) in [6.07, 6.45) is 6.85. The maximum absolute atomic E-state index is 4.49. The van der Waals surface area contributed by atoms with E-state index in [4.69, 9.17) is 0 Å². The molecule has 1 N–H and O–H groups in total. The summed E-state index contributed by atoms with van der Waals surface area (Å²) >= 11 is 1.88. The molecule has 2 rings (SSSR count). The molecule has 2 nitrogen and oxygen atoms in total. The Labute approximate surface area is 90.9 Å². The van der Waals surface area contributed by atoms with Gasteiger partial charge in [0.2, 0.25) is 0 Å². The first kappa shape index (κ1) is 10.3. The van der Waals surface area contributed by atoms with Crippen molar-refractivity contribution in [2.45, 2.75) is 39.0 Å². The second-order valence-electron chi connectivity index (χ2n) is 4.76. The van der Waals surface area contributed by atoms with Crippen molar-refractivity contribution in [3.63, 3.8) is 0 Å². The maximum atomic E-state index is 4.49. The highest BCUT2D eigenvalue weighted by Gasteiger charge is 2.28. The number of amidine groups is 1.